The average molecular weight is 302 g/mol. The van der Waals surface area contributed by atoms with Gasteiger partial charge < -0.3 is 9.88 Å². The topological polar surface area (TPSA) is 55.7 Å². The number of nitrogens with one attached hydrogen (secondary N) is 1. The zero-order valence-electron chi connectivity index (χ0n) is 12.9. The van der Waals surface area contributed by atoms with Crippen LogP contribution in [-0.2, 0) is 0 Å². The summed E-state index contributed by atoms with van der Waals surface area (Å²) in [4.78, 5) is 10.0. The van der Waals surface area contributed by atoms with Crippen LogP contribution < -0.4 is 4.90 Å². The van der Waals surface area contributed by atoms with Crippen LogP contribution in [0.4, 0.5) is 5.82 Å². The Morgan fingerprint density at radius 3 is 2.78 bits per heavy atom. The second kappa shape index (κ2) is 5.77. The zero-order chi connectivity index (χ0) is 15.6. The van der Waals surface area contributed by atoms with Crippen molar-refractivity contribution in [2.24, 2.45) is 0 Å². The molecule has 1 fully saturated rings. The number of piperidine rings is 1. The van der Waals surface area contributed by atoms with Crippen molar-refractivity contribution in [1.29, 1.82) is 5.26 Å². The Hall–Kier alpha value is -2.80. The minimum absolute atomic E-state index is 0.566. The average Bonchev–Trinajstić information content (AvgIpc) is 3.06. The number of aromatic amines is 1. The molecule has 23 heavy (non-hydrogen) atoms. The summed E-state index contributed by atoms with van der Waals surface area (Å²) in [6.45, 7) is 1.88. The number of anilines is 1. The van der Waals surface area contributed by atoms with Gasteiger partial charge in [0.05, 0.1) is 5.56 Å². The predicted molar refractivity (Wildman–Crippen MR) is 91.4 cm³/mol. The summed E-state index contributed by atoms with van der Waals surface area (Å²) in [7, 11) is 0. The fourth-order valence-electron chi connectivity index (χ4n) is 3.57. The smallest absolute Gasteiger partial charge is 0.146 e. The Morgan fingerprint density at radius 1 is 1.13 bits per heavy atom. The van der Waals surface area contributed by atoms with Gasteiger partial charge in [0.25, 0.3) is 0 Å². The van der Waals surface area contributed by atoms with Crippen LogP contribution in [0.3, 0.4) is 0 Å². The van der Waals surface area contributed by atoms with Crippen LogP contribution in [0, 0.1) is 11.3 Å². The van der Waals surface area contributed by atoms with E-state index in [0.717, 1.165) is 31.7 Å². The fourth-order valence-corrected chi connectivity index (χ4v) is 3.57. The van der Waals surface area contributed by atoms with E-state index in [9.17, 15) is 5.26 Å². The summed E-state index contributed by atoms with van der Waals surface area (Å²) in [5, 5.41) is 10.6. The van der Waals surface area contributed by atoms with E-state index < -0.39 is 0 Å². The molecule has 4 nitrogen and oxygen atoms in total. The first-order chi connectivity index (χ1) is 11.4. The number of benzene rings is 1. The van der Waals surface area contributed by atoms with Crippen LogP contribution in [-0.4, -0.2) is 23.1 Å². The maximum Gasteiger partial charge on any atom is 0.146 e. The first kappa shape index (κ1) is 13.8. The van der Waals surface area contributed by atoms with Gasteiger partial charge in [-0.1, -0.05) is 18.2 Å². The minimum Gasteiger partial charge on any atom is -0.361 e. The molecular formula is C19H18N4. The molecule has 2 aromatic heterocycles. The van der Waals surface area contributed by atoms with Crippen molar-refractivity contribution in [3.05, 3.63) is 59.9 Å². The Balaban J connectivity index is 1.54. The molecule has 1 aliphatic heterocycles. The molecule has 0 atom stereocenters. The molecule has 0 bridgehead atoms. The van der Waals surface area contributed by atoms with E-state index >= 15 is 0 Å². The van der Waals surface area contributed by atoms with Gasteiger partial charge in [0.15, 0.2) is 0 Å². The number of fused-ring (bicyclic) bond motifs is 1. The number of rotatable bonds is 2. The Kier molecular flexibility index (Phi) is 3.47. The van der Waals surface area contributed by atoms with Crippen molar-refractivity contribution in [1.82, 2.24) is 9.97 Å². The lowest BCUT2D eigenvalue weighted by atomic mass is 9.89. The number of nitrogens with zero attached hydrogens (tertiary/aromatic N) is 3. The van der Waals surface area contributed by atoms with Gasteiger partial charge in [-0.2, -0.15) is 5.26 Å². The van der Waals surface area contributed by atoms with Crippen LogP contribution in [0.5, 0.6) is 0 Å². The third kappa shape index (κ3) is 2.44. The summed E-state index contributed by atoms with van der Waals surface area (Å²) >= 11 is 0. The van der Waals surface area contributed by atoms with Gasteiger partial charge >= 0.3 is 0 Å². The van der Waals surface area contributed by atoms with Crippen LogP contribution in [0.15, 0.2) is 48.8 Å². The van der Waals surface area contributed by atoms with E-state index in [1.165, 1.54) is 16.5 Å². The van der Waals surface area contributed by atoms with Crippen molar-refractivity contribution < 1.29 is 0 Å². The third-order valence-electron chi connectivity index (χ3n) is 4.76. The summed E-state index contributed by atoms with van der Waals surface area (Å²) in [5.74, 6) is 1.39. The molecule has 1 aromatic carbocycles. The van der Waals surface area contributed by atoms with E-state index in [0.29, 0.717) is 11.5 Å². The maximum atomic E-state index is 9.25. The Labute approximate surface area is 135 Å². The molecule has 0 radical (unpaired) electrons. The van der Waals surface area contributed by atoms with Gasteiger partial charge in [-0.05, 0) is 42.5 Å². The summed E-state index contributed by atoms with van der Waals surface area (Å²) in [6.07, 6.45) is 6.10. The van der Waals surface area contributed by atoms with E-state index in [4.69, 9.17) is 0 Å². The molecule has 1 aliphatic rings. The standard InChI is InChI=1S/C19H18N4/c20-12-15-4-3-9-21-19(15)23-10-7-14(8-11-23)17-13-22-18-6-2-1-5-16(17)18/h1-6,9,13-14,22H,7-8,10-11H2. The number of hydrogen-bond donors (Lipinski definition) is 1. The van der Waals surface area contributed by atoms with Crippen molar-refractivity contribution in [3.63, 3.8) is 0 Å². The lowest BCUT2D eigenvalue weighted by molar-refractivity contribution is 0.505. The van der Waals surface area contributed by atoms with Crippen molar-refractivity contribution >= 4 is 16.7 Å². The zero-order valence-corrected chi connectivity index (χ0v) is 12.9. The van der Waals surface area contributed by atoms with E-state index in [2.05, 4.69) is 51.4 Å². The minimum atomic E-state index is 0.566. The van der Waals surface area contributed by atoms with Crippen LogP contribution in [0.25, 0.3) is 10.9 Å². The van der Waals surface area contributed by atoms with Crippen molar-refractivity contribution in [2.75, 3.05) is 18.0 Å². The largest absolute Gasteiger partial charge is 0.361 e. The Bertz CT molecular complexity index is 866. The number of aromatic nitrogens is 2. The van der Waals surface area contributed by atoms with Crippen molar-refractivity contribution in [3.8, 4) is 6.07 Å². The lowest BCUT2D eigenvalue weighted by Crippen LogP contribution is -2.34. The van der Waals surface area contributed by atoms with Gasteiger partial charge in [-0.15, -0.1) is 0 Å². The Morgan fingerprint density at radius 2 is 1.96 bits per heavy atom. The van der Waals surface area contributed by atoms with Crippen molar-refractivity contribution in [2.45, 2.75) is 18.8 Å². The normalized spacial score (nSPS) is 15.7. The van der Waals surface area contributed by atoms with Gasteiger partial charge in [0, 0.05) is 36.4 Å². The van der Waals surface area contributed by atoms with Crippen LogP contribution in [0.1, 0.15) is 29.9 Å². The first-order valence-electron chi connectivity index (χ1n) is 8.03. The molecule has 0 amide bonds. The monoisotopic (exact) mass is 302 g/mol. The lowest BCUT2D eigenvalue weighted by Gasteiger charge is -2.33. The maximum absolute atomic E-state index is 9.25. The number of pyridine rings is 1. The number of para-hydroxylation sites is 1. The molecule has 3 heterocycles. The van der Waals surface area contributed by atoms with E-state index in [1.54, 1.807) is 6.20 Å². The fraction of sp³-hybridized carbons (Fsp3) is 0.263. The molecule has 3 aromatic rings. The molecule has 1 N–H and O–H groups in total. The molecule has 4 heteroatoms. The van der Waals surface area contributed by atoms with E-state index in [1.807, 2.05) is 12.1 Å². The number of H-pyrrole nitrogens is 1. The first-order valence-corrected chi connectivity index (χ1v) is 8.03. The summed E-state index contributed by atoms with van der Waals surface area (Å²) in [6, 6.07) is 14.4. The molecule has 4 rings (SSSR count). The summed E-state index contributed by atoms with van der Waals surface area (Å²) in [5.41, 5.74) is 3.29. The van der Waals surface area contributed by atoms with Gasteiger partial charge in [0.2, 0.25) is 0 Å². The van der Waals surface area contributed by atoms with Crippen LogP contribution >= 0.6 is 0 Å². The molecule has 0 unspecified atom stereocenters. The highest BCUT2D eigenvalue weighted by atomic mass is 15.2. The summed E-state index contributed by atoms with van der Waals surface area (Å²) < 4.78 is 0. The van der Waals surface area contributed by atoms with E-state index in [-0.39, 0.29) is 0 Å². The highest BCUT2D eigenvalue weighted by molar-refractivity contribution is 5.83. The highest BCUT2D eigenvalue weighted by Gasteiger charge is 2.24. The highest BCUT2D eigenvalue weighted by Crippen LogP contribution is 2.34. The molecule has 0 saturated carbocycles. The second-order valence-electron chi connectivity index (χ2n) is 6.04. The van der Waals surface area contributed by atoms with Crippen LogP contribution in [0.2, 0.25) is 0 Å². The molecule has 114 valence electrons. The number of hydrogen-bond acceptors (Lipinski definition) is 3. The second-order valence-corrected chi connectivity index (χ2v) is 6.04. The molecule has 0 aliphatic carbocycles. The SMILES string of the molecule is N#Cc1cccnc1N1CCC(c2c[nH]c3ccccc23)CC1. The molecule has 0 spiro atoms. The molecule has 1 saturated heterocycles. The third-order valence-corrected chi connectivity index (χ3v) is 4.76. The van der Waals surface area contributed by atoms with Gasteiger partial charge in [-0.3, -0.25) is 0 Å². The number of nitriles is 1. The molecular weight excluding hydrogens is 284 g/mol. The predicted octanol–water partition coefficient (Wildman–Crippen LogP) is 3.82. The van der Waals surface area contributed by atoms with Gasteiger partial charge in [-0.25, -0.2) is 4.98 Å². The quantitative estimate of drug-likeness (QED) is 0.783. The van der Waals surface area contributed by atoms with Gasteiger partial charge in [0.1, 0.15) is 11.9 Å².